The molecule has 0 unspecified atom stereocenters. The molecule has 0 aromatic heterocycles. The Kier molecular flexibility index (Phi) is 7.01. The van der Waals surface area contributed by atoms with Crippen molar-refractivity contribution in [2.75, 3.05) is 13.1 Å². The molecule has 0 saturated heterocycles. The summed E-state index contributed by atoms with van der Waals surface area (Å²) < 4.78 is 0. The van der Waals surface area contributed by atoms with E-state index in [0.29, 0.717) is 0 Å². The van der Waals surface area contributed by atoms with Crippen molar-refractivity contribution in [1.29, 1.82) is 0 Å². The molecule has 1 rings (SSSR count). The summed E-state index contributed by atoms with van der Waals surface area (Å²) in [6, 6.07) is 4.58. The summed E-state index contributed by atoms with van der Waals surface area (Å²) in [4.78, 5) is 0. The first-order valence-electron chi connectivity index (χ1n) is 7.83. The Labute approximate surface area is 125 Å². The Bertz CT molecular complexity index is 432. The van der Waals surface area contributed by atoms with E-state index in [0.717, 1.165) is 31.8 Å². The summed E-state index contributed by atoms with van der Waals surface area (Å²) >= 11 is 0. The number of allylic oxidation sites excluding steroid dienone is 1. The van der Waals surface area contributed by atoms with Gasteiger partial charge in [-0.15, -0.1) is 0 Å². The third-order valence-electron chi connectivity index (χ3n) is 3.66. The first-order chi connectivity index (χ1) is 9.40. The SMILES string of the molecule is CC(=CCCNCC(C)C)Cc1c(C)cc(C)cc1C. The Hall–Kier alpha value is -1.08. The van der Waals surface area contributed by atoms with Crippen LogP contribution in [0.15, 0.2) is 23.8 Å². The van der Waals surface area contributed by atoms with Gasteiger partial charge in [0.1, 0.15) is 0 Å². The summed E-state index contributed by atoms with van der Waals surface area (Å²) in [6.07, 6.45) is 4.59. The number of hydrogen-bond donors (Lipinski definition) is 1. The largest absolute Gasteiger partial charge is 0.316 e. The lowest BCUT2D eigenvalue weighted by molar-refractivity contribution is 0.556. The third kappa shape index (κ3) is 5.92. The van der Waals surface area contributed by atoms with Crippen molar-refractivity contribution in [3.8, 4) is 0 Å². The van der Waals surface area contributed by atoms with Gasteiger partial charge >= 0.3 is 0 Å². The van der Waals surface area contributed by atoms with Crippen LogP contribution in [-0.4, -0.2) is 13.1 Å². The first-order valence-corrected chi connectivity index (χ1v) is 7.83. The Morgan fingerprint density at radius 2 is 1.75 bits per heavy atom. The predicted molar refractivity (Wildman–Crippen MR) is 90.4 cm³/mol. The maximum Gasteiger partial charge on any atom is -0.00141 e. The molecular formula is C19H31N. The fraction of sp³-hybridized carbons (Fsp3) is 0.579. The van der Waals surface area contributed by atoms with Gasteiger partial charge in [-0.05, 0) is 76.2 Å². The monoisotopic (exact) mass is 273 g/mol. The van der Waals surface area contributed by atoms with Gasteiger partial charge in [-0.3, -0.25) is 0 Å². The van der Waals surface area contributed by atoms with Crippen LogP contribution in [0.4, 0.5) is 0 Å². The number of benzene rings is 1. The van der Waals surface area contributed by atoms with Crippen LogP contribution in [0.3, 0.4) is 0 Å². The van der Waals surface area contributed by atoms with Gasteiger partial charge < -0.3 is 5.32 Å². The van der Waals surface area contributed by atoms with Gasteiger partial charge in [-0.1, -0.05) is 43.2 Å². The van der Waals surface area contributed by atoms with Gasteiger partial charge in [0.05, 0.1) is 0 Å². The summed E-state index contributed by atoms with van der Waals surface area (Å²) in [5.74, 6) is 0.734. The second-order valence-corrected chi connectivity index (χ2v) is 6.49. The van der Waals surface area contributed by atoms with Crippen molar-refractivity contribution in [1.82, 2.24) is 5.32 Å². The van der Waals surface area contributed by atoms with Crippen LogP contribution < -0.4 is 5.32 Å². The highest BCUT2D eigenvalue weighted by Gasteiger charge is 2.04. The fourth-order valence-corrected chi connectivity index (χ4v) is 2.65. The molecule has 1 aromatic rings. The highest BCUT2D eigenvalue weighted by molar-refractivity contribution is 5.39. The zero-order valence-electron chi connectivity index (χ0n) is 14.1. The minimum absolute atomic E-state index is 0.734. The first kappa shape index (κ1) is 17.0. The highest BCUT2D eigenvalue weighted by atomic mass is 14.8. The normalized spacial score (nSPS) is 12.2. The van der Waals surface area contributed by atoms with Crippen LogP contribution in [-0.2, 0) is 6.42 Å². The highest BCUT2D eigenvalue weighted by Crippen LogP contribution is 2.19. The molecule has 1 aromatic carbocycles. The van der Waals surface area contributed by atoms with Gasteiger partial charge in [-0.25, -0.2) is 0 Å². The maximum absolute atomic E-state index is 3.49. The number of aryl methyl sites for hydroxylation is 3. The van der Waals surface area contributed by atoms with Crippen molar-refractivity contribution < 1.29 is 0 Å². The molecule has 1 heteroatoms. The molecule has 0 spiro atoms. The number of hydrogen-bond acceptors (Lipinski definition) is 1. The maximum atomic E-state index is 3.49. The van der Waals surface area contributed by atoms with E-state index >= 15 is 0 Å². The van der Waals surface area contributed by atoms with Crippen LogP contribution in [0.5, 0.6) is 0 Å². The topological polar surface area (TPSA) is 12.0 Å². The van der Waals surface area contributed by atoms with Crippen molar-refractivity contribution in [2.24, 2.45) is 5.92 Å². The zero-order valence-corrected chi connectivity index (χ0v) is 14.1. The van der Waals surface area contributed by atoms with E-state index in [-0.39, 0.29) is 0 Å². The van der Waals surface area contributed by atoms with E-state index in [1.54, 1.807) is 0 Å². The van der Waals surface area contributed by atoms with Gasteiger partial charge in [0.2, 0.25) is 0 Å². The van der Waals surface area contributed by atoms with E-state index in [1.807, 2.05) is 0 Å². The van der Waals surface area contributed by atoms with Crippen LogP contribution in [0.25, 0.3) is 0 Å². The van der Waals surface area contributed by atoms with Crippen molar-refractivity contribution in [3.63, 3.8) is 0 Å². The van der Waals surface area contributed by atoms with Gasteiger partial charge in [0, 0.05) is 0 Å². The Morgan fingerprint density at radius 1 is 1.15 bits per heavy atom. The van der Waals surface area contributed by atoms with Gasteiger partial charge in [-0.2, -0.15) is 0 Å². The van der Waals surface area contributed by atoms with E-state index in [9.17, 15) is 0 Å². The molecule has 0 atom stereocenters. The molecule has 0 bridgehead atoms. The molecule has 0 radical (unpaired) electrons. The fourth-order valence-electron chi connectivity index (χ4n) is 2.65. The lowest BCUT2D eigenvalue weighted by Crippen LogP contribution is -2.20. The smallest absolute Gasteiger partial charge is 0.00141 e. The second-order valence-electron chi connectivity index (χ2n) is 6.49. The molecule has 0 aliphatic carbocycles. The summed E-state index contributed by atoms with van der Waals surface area (Å²) in [6.45, 7) is 15.6. The molecule has 0 heterocycles. The van der Waals surface area contributed by atoms with E-state index in [2.05, 4.69) is 65.1 Å². The van der Waals surface area contributed by atoms with Crippen molar-refractivity contribution >= 4 is 0 Å². The Morgan fingerprint density at radius 3 is 2.30 bits per heavy atom. The van der Waals surface area contributed by atoms with Crippen molar-refractivity contribution in [2.45, 2.75) is 54.4 Å². The number of rotatable bonds is 7. The van der Waals surface area contributed by atoms with Crippen molar-refractivity contribution in [3.05, 3.63) is 46.0 Å². The van der Waals surface area contributed by atoms with Crippen LogP contribution >= 0.6 is 0 Å². The van der Waals surface area contributed by atoms with Crippen LogP contribution in [0.1, 0.15) is 49.4 Å². The average Bonchev–Trinajstić information content (AvgIpc) is 2.33. The minimum atomic E-state index is 0.734. The van der Waals surface area contributed by atoms with Crippen LogP contribution in [0.2, 0.25) is 0 Å². The van der Waals surface area contributed by atoms with Gasteiger partial charge in [0.25, 0.3) is 0 Å². The molecule has 0 fully saturated rings. The predicted octanol–water partition coefficient (Wildman–Crippen LogP) is 4.74. The minimum Gasteiger partial charge on any atom is -0.316 e. The molecule has 0 amide bonds. The van der Waals surface area contributed by atoms with E-state index in [4.69, 9.17) is 0 Å². The van der Waals surface area contributed by atoms with Crippen LogP contribution in [0, 0.1) is 26.7 Å². The van der Waals surface area contributed by atoms with E-state index in [1.165, 1.54) is 27.8 Å². The molecule has 0 saturated carbocycles. The number of nitrogens with one attached hydrogen (secondary N) is 1. The quantitative estimate of drug-likeness (QED) is 0.559. The van der Waals surface area contributed by atoms with E-state index < -0.39 is 0 Å². The second kappa shape index (κ2) is 8.26. The lowest BCUT2D eigenvalue weighted by atomic mass is 9.94. The Balaban J connectivity index is 2.51. The lowest BCUT2D eigenvalue weighted by Gasteiger charge is -2.12. The molecule has 112 valence electrons. The molecule has 0 aliphatic heterocycles. The summed E-state index contributed by atoms with van der Waals surface area (Å²) in [5, 5.41) is 3.49. The standard InChI is InChI=1S/C19H31N/c1-14(2)13-20-9-7-8-15(3)12-19-17(5)10-16(4)11-18(19)6/h8,10-11,14,20H,7,9,12-13H2,1-6H3. The zero-order chi connectivity index (χ0) is 15.1. The average molecular weight is 273 g/mol. The molecular weight excluding hydrogens is 242 g/mol. The molecule has 20 heavy (non-hydrogen) atoms. The third-order valence-corrected chi connectivity index (χ3v) is 3.66. The summed E-state index contributed by atoms with van der Waals surface area (Å²) in [5.41, 5.74) is 7.19. The molecule has 1 nitrogen and oxygen atoms in total. The molecule has 0 aliphatic rings. The molecule has 1 N–H and O–H groups in total. The summed E-state index contributed by atoms with van der Waals surface area (Å²) in [7, 11) is 0. The van der Waals surface area contributed by atoms with Gasteiger partial charge in [0.15, 0.2) is 0 Å².